The molecule has 0 atom stereocenters. The Balaban J connectivity index is 1.87. The summed E-state index contributed by atoms with van der Waals surface area (Å²) in [5.41, 5.74) is 1.12. The zero-order chi connectivity index (χ0) is 13.3. The van der Waals surface area contributed by atoms with E-state index in [4.69, 9.17) is 0 Å². The molecule has 1 aliphatic rings. The van der Waals surface area contributed by atoms with Gasteiger partial charge < -0.3 is 5.32 Å². The van der Waals surface area contributed by atoms with Crippen LogP contribution in [0.4, 0.5) is 4.39 Å². The first kappa shape index (κ1) is 13.0. The largest absolute Gasteiger partial charge is 0.314 e. The van der Waals surface area contributed by atoms with Crippen LogP contribution >= 0.6 is 11.3 Å². The zero-order valence-corrected chi connectivity index (χ0v) is 12.0. The highest BCUT2D eigenvalue weighted by Crippen LogP contribution is 2.33. The highest BCUT2D eigenvalue weighted by molar-refractivity contribution is 7.18. The molecule has 1 saturated carbocycles. The average Bonchev–Trinajstić information content (AvgIpc) is 2.81. The first-order valence-electron chi connectivity index (χ1n) is 6.95. The highest BCUT2D eigenvalue weighted by Gasteiger charge is 2.31. The minimum Gasteiger partial charge on any atom is -0.314 e. The second-order valence-electron chi connectivity index (χ2n) is 5.49. The van der Waals surface area contributed by atoms with Gasteiger partial charge in [-0.05, 0) is 38.1 Å². The monoisotopic (exact) mass is 278 g/mol. The topological polar surface area (TPSA) is 24.9 Å². The Morgan fingerprint density at radius 1 is 1.32 bits per heavy atom. The fraction of sp³-hybridized carbons (Fsp3) is 0.533. The molecule has 4 heteroatoms. The molecule has 1 aromatic heterocycles. The van der Waals surface area contributed by atoms with Crippen LogP contribution < -0.4 is 5.32 Å². The van der Waals surface area contributed by atoms with Crippen molar-refractivity contribution in [1.82, 2.24) is 10.3 Å². The number of aromatic nitrogens is 1. The van der Waals surface area contributed by atoms with Crippen molar-refractivity contribution in [2.24, 2.45) is 0 Å². The maximum absolute atomic E-state index is 13.2. The number of likely N-dealkylation sites (N-methyl/N-ethyl adjacent to an activating group) is 1. The number of benzene rings is 1. The van der Waals surface area contributed by atoms with E-state index in [-0.39, 0.29) is 11.4 Å². The van der Waals surface area contributed by atoms with E-state index < -0.39 is 0 Å². The second kappa shape index (κ2) is 5.17. The fourth-order valence-electron chi connectivity index (χ4n) is 3.05. The summed E-state index contributed by atoms with van der Waals surface area (Å²) in [5.74, 6) is -0.177. The van der Waals surface area contributed by atoms with Crippen LogP contribution in [0.5, 0.6) is 0 Å². The minimum atomic E-state index is -0.177. The molecule has 19 heavy (non-hydrogen) atoms. The van der Waals surface area contributed by atoms with E-state index in [9.17, 15) is 4.39 Å². The van der Waals surface area contributed by atoms with Gasteiger partial charge in [0.25, 0.3) is 0 Å². The van der Waals surface area contributed by atoms with Gasteiger partial charge in [0.15, 0.2) is 0 Å². The van der Waals surface area contributed by atoms with Crippen LogP contribution in [0.15, 0.2) is 18.2 Å². The van der Waals surface area contributed by atoms with Crippen molar-refractivity contribution in [1.29, 1.82) is 0 Å². The van der Waals surface area contributed by atoms with Crippen LogP contribution in [0, 0.1) is 5.82 Å². The molecule has 2 aromatic rings. The zero-order valence-electron chi connectivity index (χ0n) is 11.2. The van der Waals surface area contributed by atoms with Crippen molar-refractivity contribution in [2.45, 2.75) is 44.1 Å². The van der Waals surface area contributed by atoms with Crippen molar-refractivity contribution in [2.75, 3.05) is 7.05 Å². The van der Waals surface area contributed by atoms with Gasteiger partial charge in [0.2, 0.25) is 0 Å². The lowest BCUT2D eigenvalue weighted by atomic mass is 9.79. The van der Waals surface area contributed by atoms with Crippen molar-refractivity contribution in [3.05, 3.63) is 29.0 Å². The molecule has 2 nitrogen and oxygen atoms in total. The molecule has 0 spiro atoms. The molecule has 0 unspecified atom stereocenters. The van der Waals surface area contributed by atoms with E-state index in [1.807, 2.05) is 0 Å². The summed E-state index contributed by atoms with van der Waals surface area (Å²) in [6.07, 6.45) is 7.32. The molecule has 1 aromatic carbocycles. The van der Waals surface area contributed by atoms with Crippen LogP contribution in [0.25, 0.3) is 10.2 Å². The van der Waals surface area contributed by atoms with Gasteiger partial charge in [-0.25, -0.2) is 9.37 Å². The maximum atomic E-state index is 13.2. The Morgan fingerprint density at radius 3 is 2.84 bits per heavy atom. The first-order valence-corrected chi connectivity index (χ1v) is 7.76. The van der Waals surface area contributed by atoms with Crippen molar-refractivity contribution in [3.8, 4) is 0 Å². The summed E-state index contributed by atoms with van der Waals surface area (Å²) in [6.45, 7) is 0. The van der Waals surface area contributed by atoms with Crippen molar-refractivity contribution < 1.29 is 4.39 Å². The second-order valence-corrected chi connectivity index (χ2v) is 6.60. The number of hydrogen-bond donors (Lipinski definition) is 1. The minimum absolute atomic E-state index is 0.177. The third-order valence-corrected chi connectivity index (χ3v) is 5.24. The molecule has 1 N–H and O–H groups in total. The molecule has 0 bridgehead atoms. The van der Waals surface area contributed by atoms with Crippen LogP contribution in [0.3, 0.4) is 0 Å². The molecule has 1 heterocycles. The molecule has 0 aliphatic heterocycles. The molecule has 0 radical (unpaired) electrons. The molecule has 0 amide bonds. The van der Waals surface area contributed by atoms with Gasteiger partial charge in [-0.2, -0.15) is 0 Å². The van der Waals surface area contributed by atoms with Gasteiger partial charge in [0.1, 0.15) is 5.82 Å². The molecule has 102 valence electrons. The summed E-state index contributed by atoms with van der Waals surface area (Å²) in [5, 5.41) is 4.64. The van der Waals surface area contributed by atoms with E-state index in [0.29, 0.717) is 0 Å². The van der Waals surface area contributed by atoms with Crippen LogP contribution in [-0.2, 0) is 6.42 Å². The third kappa shape index (κ3) is 2.65. The van der Waals surface area contributed by atoms with Crippen LogP contribution in [0.1, 0.15) is 37.1 Å². The van der Waals surface area contributed by atoms with Gasteiger partial charge in [0, 0.05) is 12.0 Å². The van der Waals surface area contributed by atoms with E-state index in [0.717, 1.165) is 21.6 Å². The Morgan fingerprint density at radius 2 is 2.11 bits per heavy atom. The summed E-state index contributed by atoms with van der Waals surface area (Å²) in [7, 11) is 2.05. The Hall–Kier alpha value is -1.000. The molecule has 1 fully saturated rings. The maximum Gasteiger partial charge on any atom is 0.124 e. The molecular weight excluding hydrogens is 259 g/mol. The lowest BCUT2D eigenvalue weighted by molar-refractivity contribution is 0.244. The van der Waals surface area contributed by atoms with Crippen molar-refractivity contribution in [3.63, 3.8) is 0 Å². The number of halogens is 1. The van der Waals surface area contributed by atoms with E-state index >= 15 is 0 Å². The van der Waals surface area contributed by atoms with Crippen molar-refractivity contribution >= 4 is 21.6 Å². The standard InChI is InChI=1S/C15H19FN2S/c1-17-15(7-3-2-4-8-15)10-14-18-12-6-5-11(16)9-13(12)19-14/h5-6,9,17H,2-4,7-8,10H2,1H3. The van der Waals surface area contributed by atoms with Gasteiger partial charge >= 0.3 is 0 Å². The molecular formula is C15H19FN2S. The van der Waals surface area contributed by atoms with Gasteiger partial charge in [0.05, 0.1) is 15.2 Å². The predicted molar refractivity (Wildman–Crippen MR) is 78.2 cm³/mol. The van der Waals surface area contributed by atoms with Gasteiger partial charge in [-0.3, -0.25) is 0 Å². The average molecular weight is 278 g/mol. The fourth-order valence-corrected chi connectivity index (χ4v) is 4.19. The number of nitrogens with one attached hydrogen (secondary N) is 1. The predicted octanol–water partition coefficient (Wildman–Crippen LogP) is 3.90. The summed E-state index contributed by atoms with van der Waals surface area (Å²) in [6, 6.07) is 4.85. The quantitative estimate of drug-likeness (QED) is 0.921. The molecule has 1 aliphatic carbocycles. The van der Waals surface area contributed by atoms with Gasteiger partial charge in [-0.15, -0.1) is 11.3 Å². The molecule has 3 rings (SSSR count). The Bertz CT molecular complexity index is 573. The van der Waals surface area contributed by atoms with E-state index in [2.05, 4.69) is 17.3 Å². The lowest BCUT2D eigenvalue weighted by Gasteiger charge is -2.36. The van der Waals surface area contributed by atoms with Crippen LogP contribution in [0.2, 0.25) is 0 Å². The third-order valence-electron chi connectivity index (χ3n) is 4.23. The Labute approximate surface area is 117 Å². The number of thiazole rings is 1. The number of fused-ring (bicyclic) bond motifs is 1. The normalized spacial score (nSPS) is 18.8. The van der Waals surface area contributed by atoms with Crippen LogP contribution in [-0.4, -0.2) is 17.6 Å². The number of rotatable bonds is 3. The van der Waals surface area contributed by atoms with E-state index in [1.165, 1.54) is 38.2 Å². The highest BCUT2D eigenvalue weighted by atomic mass is 32.1. The summed E-state index contributed by atoms with van der Waals surface area (Å²) in [4.78, 5) is 4.65. The lowest BCUT2D eigenvalue weighted by Crippen LogP contribution is -2.46. The molecule has 0 saturated heterocycles. The SMILES string of the molecule is CNC1(Cc2nc3ccc(F)cc3s2)CCCCC1. The van der Waals surface area contributed by atoms with Gasteiger partial charge in [-0.1, -0.05) is 19.3 Å². The first-order chi connectivity index (χ1) is 9.21. The smallest absolute Gasteiger partial charge is 0.124 e. The number of hydrogen-bond acceptors (Lipinski definition) is 3. The summed E-state index contributed by atoms with van der Waals surface area (Å²) >= 11 is 1.63. The number of nitrogens with zero attached hydrogens (tertiary/aromatic N) is 1. The summed E-state index contributed by atoms with van der Waals surface area (Å²) < 4.78 is 14.2. The Kier molecular flexibility index (Phi) is 3.54. The van der Waals surface area contributed by atoms with E-state index in [1.54, 1.807) is 23.5 Å².